The molecule has 0 aromatic rings. The molecule has 3 amide bonds. The third kappa shape index (κ3) is 4.47. The van der Waals surface area contributed by atoms with Crippen LogP contribution in [-0.4, -0.2) is 73.0 Å². The molecule has 176 valence electrons. The molecule has 2 heterocycles. The maximum atomic E-state index is 12.9. The van der Waals surface area contributed by atoms with E-state index in [0.717, 1.165) is 17.7 Å². The van der Waals surface area contributed by atoms with Crippen molar-refractivity contribution in [1.82, 2.24) is 25.3 Å². The minimum atomic E-state index is -3.52. The molecule has 0 spiro atoms. The van der Waals surface area contributed by atoms with Crippen LogP contribution in [0.4, 0.5) is 4.79 Å². The Morgan fingerprint density at radius 3 is 2.48 bits per heavy atom. The highest BCUT2D eigenvalue weighted by Gasteiger charge is 2.52. The number of hydroxylamine groups is 1. The molecule has 0 aromatic heterocycles. The maximum Gasteiger partial charge on any atom is 0.326 e. The summed E-state index contributed by atoms with van der Waals surface area (Å²) in [7, 11) is -2.04. The van der Waals surface area contributed by atoms with E-state index < -0.39 is 21.2 Å². The average molecular weight is 458 g/mol. The van der Waals surface area contributed by atoms with Crippen molar-refractivity contribution in [3.05, 3.63) is 0 Å². The summed E-state index contributed by atoms with van der Waals surface area (Å²) >= 11 is 0. The minimum absolute atomic E-state index is 0.124. The predicted octanol–water partition coefficient (Wildman–Crippen LogP) is 0.712. The quantitative estimate of drug-likeness (QED) is 0.556. The Morgan fingerprint density at radius 2 is 1.90 bits per heavy atom. The first kappa shape index (κ1) is 22.9. The Hall–Kier alpha value is -1.27. The van der Waals surface area contributed by atoms with Crippen LogP contribution in [0.15, 0.2) is 0 Å². The number of hydrogen-bond donors (Lipinski definition) is 3. The van der Waals surface area contributed by atoms with Crippen LogP contribution in [0.25, 0.3) is 0 Å². The Labute approximate surface area is 184 Å². The number of nitrogens with one attached hydrogen (secondary N) is 3. The Morgan fingerprint density at radius 1 is 1.23 bits per heavy atom. The van der Waals surface area contributed by atoms with Crippen molar-refractivity contribution in [2.45, 2.75) is 89.0 Å². The average Bonchev–Trinajstić information content (AvgIpc) is 3.19. The summed E-state index contributed by atoms with van der Waals surface area (Å²) < 4.78 is 28.6. The molecule has 10 nitrogen and oxygen atoms in total. The van der Waals surface area contributed by atoms with Gasteiger partial charge in [-0.15, -0.1) is 0 Å². The second kappa shape index (κ2) is 7.65. The van der Waals surface area contributed by atoms with Crippen molar-refractivity contribution in [2.75, 3.05) is 13.6 Å². The molecule has 2 aliphatic heterocycles. The van der Waals surface area contributed by atoms with Crippen molar-refractivity contribution in [1.29, 1.82) is 0 Å². The van der Waals surface area contributed by atoms with E-state index in [9.17, 15) is 18.0 Å². The summed E-state index contributed by atoms with van der Waals surface area (Å²) in [6.07, 6.45) is 2.35. The molecule has 2 saturated carbocycles. The number of sulfonamides is 1. The number of urea groups is 1. The first-order valence-corrected chi connectivity index (χ1v) is 12.6. The minimum Gasteiger partial charge on any atom is -0.318 e. The third-order valence-electron chi connectivity index (χ3n) is 7.02. The van der Waals surface area contributed by atoms with Gasteiger partial charge in [0, 0.05) is 24.0 Å². The Bertz CT molecular complexity index is 853. The molecule has 31 heavy (non-hydrogen) atoms. The molecule has 4 rings (SSSR count). The van der Waals surface area contributed by atoms with Gasteiger partial charge in [-0.1, -0.05) is 20.8 Å². The van der Waals surface area contributed by atoms with E-state index in [1.54, 1.807) is 4.90 Å². The zero-order valence-electron chi connectivity index (χ0n) is 19.0. The number of carbonyl (C=O) groups excluding carboxylic acids is 2. The second-order valence-corrected chi connectivity index (χ2v) is 12.8. The van der Waals surface area contributed by atoms with E-state index in [1.807, 2.05) is 6.92 Å². The smallest absolute Gasteiger partial charge is 0.318 e. The molecule has 0 aromatic carbocycles. The topological polar surface area (TPSA) is 120 Å². The van der Waals surface area contributed by atoms with Gasteiger partial charge in [-0.25, -0.2) is 17.9 Å². The summed E-state index contributed by atoms with van der Waals surface area (Å²) in [5.74, 6) is -0.814. The SMILES string of the molecule is CN1C(=O)C2CC(S(=O)(=O)NC3(C)CC3)CCC2N(CC2NOC(C(C)(C)C)N2)C1=O. The van der Waals surface area contributed by atoms with E-state index in [0.29, 0.717) is 19.4 Å². The van der Waals surface area contributed by atoms with Crippen LogP contribution >= 0.6 is 0 Å². The van der Waals surface area contributed by atoms with Gasteiger partial charge < -0.3 is 4.90 Å². The largest absolute Gasteiger partial charge is 0.326 e. The number of carbonyl (C=O) groups is 2. The first-order chi connectivity index (χ1) is 14.3. The summed E-state index contributed by atoms with van der Waals surface area (Å²) in [6.45, 7) is 8.41. The number of fused-ring (bicyclic) bond motifs is 1. The van der Waals surface area contributed by atoms with Crippen LogP contribution in [0.2, 0.25) is 0 Å². The number of amides is 3. The predicted molar refractivity (Wildman–Crippen MR) is 114 cm³/mol. The van der Waals surface area contributed by atoms with Crippen LogP contribution in [0.5, 0.6) is 0 Å². The van der Waals surface area contributed by atoms with Crippen LogP contribution in [0.1, 0.15) is 59.8 Å². The van der Waals surface area contributed by atoms with Gasteiger partial charge >= 0.3 is 6.03 Å². The van der Waals surface area contributed by atoms with Gasteiger partial charge in [0.05, 0.1) is 17.7 Å². The number of imide groups is 1. The fourth-order valence-electron chi connectivity index (χ4n) is 4.76. The van der Waals surface area contributed by atoms with Crippen LogP contribution in [0, 0.1) is 11.3 Å². The molecule has 11 heteroatoms. The van der Waals surface area contributed by atoms with Crippen molar-refractivity contribution in [3.63, 3.8) is 0 Å². The van der Waals surface area contributed by atoms with E-state index in [-0.39, 0.29) is 47.7 Å². The lowest BCUT2D eigenvalue weighted by Gasteiger charge is -2.47. The molecule has 3 N–H and O–H groups in total. The molecule has 2 saturated heterocycles. The number of nitrogens with zero attached hydrogens (tertiary/aromatic N) is 2. The van der Waals surface area contributed by atoms with E-state index in [2.05, 4.69) is 36.3 Å². The van der Waals surface area contributed by atoms with Crippen molar-refractivity contribution in [2.24, 2.45) is 11.3 Å². The third-order valence-corrected chi connectivity index (χ3v) is 9.10. The van der Waals surface area contributed by atoms with Gasteiger partial charge in [-0.2, -0.15) is 5.48 Å². The highest BCUT2D eigenvalue weighted by atomic mass is 32.2. The van der Waals surface area contributed by atoms with Crippen molar-refractivity contribution in [3.8, 4) is 0 Å². The highest BCUT2D eigenvalue weighted by Crippen LogP contribution is 2.40. The lowest BCUT2D eigenvalue weighted by atomic mass is 9.81. The van der Waals surface area contributed by atoms with Crippen LogP contribution < -0.4 is 15.5 Å². The number of rotatable bonds is 5. The highest BCUT2D eigenvalue weighted by molar-refractivity contribution is 7.90. The first-order valence-electron chi connectivity index (χ1n) is 11.1. The molecular formula is C20H35N5O5S. The molecule has 5 unspecified atom stereocenters. The molecule has 4 fully saturated rings. The van der Waals surface area contributed by atoms with Gasteiger partial charge in [-0.05, 0) is 39.0 Å². The standard InChI is InChI=1S/C20H35N5O5S/c1-19(2,3)17-21-15(22-30-17)11-25-14-7-6-12(31(28,29)23-20(4)8-9-20)10-13(14)16(26)24(5)18(25)27/h12-15,17,21-23H,6-11H2,1-5H3. The second-order valence-electron chi connectivity index (χ2n) is 10.8. The monoisotopic (exact) mass is 457 g/mol. The van der Waals surface area contributed by atoms with Gasteiger partial charge in [0.25, 0.3) is 0 Å². The maximum absolute atomic E-state index is 12.9. The van der Waals surface area contributed by atoms with Gasteiger partial charge in [0.2, 0.25) is 15.9 Å². The summed E-state index contributed by atoms with van der Waals surface area (Å²) in [5, 5.41) is 2.73. The molecular weight excluding hydrogens is 422 g/mol. The van der Waals surface area contributed by atoms with Crippen molar-refractivity contribution >= 4 is 22.0 Å². The van der Waals surface area contributed by atoms with Crippen molar-refractivity contribution < 1.29 is 22.8 Å². The molecule has 4 aliphatic rings. The lowest BCUT2D eigenvalue weighted by molar-refractivity contribution is -0.139. The fourth-order valence-corrected chi connectivity index (χ4v) is 6.72. The van der Waals surface area contributed by atoms with Gasteiger partial charge in [0.15, 0.2) is 0 Å². The molecule has 0 radical (unpaired) electrons. The zero-order valence-corrected chi connectivity index (χ0v) is 19.8. The van der Waals surface area contributed by atoms with Crippen LogP contribution in [0.3, 0.4) is 0 Å². The van der Waals surface area contributed by atoms with E-state index >= 15 is 0 Å². The lowest BCUT2D eigenvalue weighted by Crippen LogP contribution is -2.65. The molecule has 0 bridgehead atoms. The fraction of sp³-hybridized carbons (Fsp3) is 0.900. The zero-order chi connectivity index (χ0) is 22.8. The normalized spacial score (nSPS) is 36.0. The number of hydrogen-bond acceptors (Lipinski definition) is 7. The van der Waals surface area contributed by atoms with E-state index in [4.69, 9.17) is 4.84 Å². The van der Waals surface area contributed by atoms with Gasteiger partial charge in [0.1, 0.15) is 12.4 Å². The summed E-state index contributed by atoms with van der Waals surface area (Å²) in [6, 6.07) is -0.657. The molecule has 5 atom stereocenters. The summed E-state index contributed by atoms with van der Waals surface area (Å²) in [5.41, 5.74) is 2.49. The molecule has 2 aliphatic carbocycles. The Balaban J connectivity index is 1.47. The van der Waals surface area contributed by atoms with Crippen LogP contribution in [-0.2, 0) is 19.7 Å². The Kier molecular flexibility index (Phi) is 5.65. The van der Waals surface area contributed by atoms with Gasteiger partial charge in [-0.3, -0.25) is 19.8 Å². The van der Waals surface area contributed by atoms with E-state index in [1.165, 1.54) is 7.05 Å². The summed E-state index contributed by atoms with van der Waals surface area (Å²) in [4.78, 5) is 34.3.